The van der Waals surface area contributed by atoms with E-state index in [0.717, 1.165) is 35.5 Å². The van der Waals surface area contributed by atoms with Crippen LogP contribution in [0.2, 0.25) is 0 Å². The lowest BCUT2D eigenvalue weighted by atomic mass is 10.1. The Morgan fingerprint density at radius 2 is 1.26 bits per heavy atom. The van der Waals surface area contributed by atoms with Gasteiger partial charge in [-0.3, -0.25) is 10.1 Å². The number of hydrogen-bond acceptors (Lipinski definition) is 4. The first kappa shape index (κ1) is 28.2. The van der Waals surface area contributed by atoms with E-state index in [0.29, 0.717) is 6.02 Å². The van der Waals surface area contributed by atoms with Gasteiger partial charge >= 0.3 is 0 Å². The molecule has 1 saturated heterocycles. The van der Waals surface area contributed by atoms with Crippen LogP contribution in [0.3, 0.4) is 0 Å². The lowest BCUT2D eigenvalue weighted by Gasteiger charge is -2.25. The summed E-state index contributed by atoms with van der Waals surface area (Å²) in [6.45, 7) is 8.44. The van der Waals surface area contributed by atoms with Gasteiger partial charge < -0.3 is 9.64 Å². The molecule has 5 heteroatoms. The molecule has 5 rings (SSSR count). The van der Waals surface area contributed by atoms with Gasteiger partial charge in [0.25, 0.3) is 11.9 Å². The Morgan fingerprint density at radius 1 is 0.795 bits per heavy atom. The van der Waals surface area contributed by atoms with Crippen molar-refractivity contribution in [2.24, 2.45) is 4.99 Å². The van der Waals surface area contributed by atoms with Gasteiger partial charge in [-0.05, 0) is 74.7 Å². The molecule has 1 saturated carbocycles. The number of nitrogens with zero attached hydrogens (tertiary/aromatic N) is 2. The lowest BCUT2D eigenvalue weighted by Crippen LogP contribution is -2.22. The molecule has 0 aromatic heterocycles. The quantitative estimate of drug-likeness (QED) is 0.269. The normalized spacial score (nSPS) is 17.7. The number of amides is 1. The molecule has 1 aliphatic carbocycles. The second kappa shape index (κ2) is 13.8. The van der Waals surface area contributed by atoms with Gasteiger partial charge in [0, 0.05) is 17.1 Å². The number of aliphatic imine (C=N–C) groups is 1. The average Bonchev–Trinajstić information content (AvgIpc) is 3.10. The molecule has 1 heterocycles. The van der Waals surface area contributed by atoms with Crippen molar-refractivity contribution >= 4 is 35.1 Å². The van der Waals surface area contributed by atoms with Crippen LogP contribution in [0, 0.1) is 13.8 Å². The molecule has 1 aliphatic heterocycles. The highest BCUT2D eigenvalue weighted by Gasteiger charge is 2.26. The number of ether oxygens (including phenoxy) is 1. The van der Waals surface area contributed by atoms with Crippen LogP contribution in [0.5, 0.6) is 0 Å². The van der Waals surface area contributed by atoms with Gasteiger partial charge in [0.2, 0.25) is 0 Å². The minimum Gasteiger partial charge on any atom is -0.420 e. The summed E-state index contributed by atoms with van der Waals surface area (Å²) in [5.41, 5.74) is 6.56. The van der Waals surface area contributed by atoms with Crippen molar-refractivity contribution in [3.63, 3.8) is 0 Å². The van der Waals surface area contributed by atoms with Crippen LogP contribution < -0.4 is 10.2 Å². The number of rotatable bonds is 5. The highest BCUT2D eigenvalue weighted by Crippen LogP contribution is 2.35. The Balaban J connectivity index is 0.00000112. The molecular formula is C34H41N3O2. The van der Waals surface area contributed by atoms with Crippen LogP contribution in [-0.4, -0.2) is 18.0 Å². The number of carbonyl (C=O) groups excluding carboxylic acids is 1. The third kappa shape index (κ3) is 7.82. The Morgan fingerprint density at radius 3 is 1.74 bits per heavy atom. The maximum Gasteiger partial charge on any atom is 0.297 e. The van der Waals surface area contributed by atoms with E-state index in [1.165, 1.54) is 43.2 Å². The van der Waals surface area contributed by atoms with Gasteiger partial charge in [-0.2, -0.15) is 0 Å². The molecule has 39 heavy (non-hydrogen) atoms. The summed E-state index contributed by atoms with van der Waals surface area (Å²) in [5.74, 6) is 0.0384. The van der Waals surface area contributed by atoms with Crippen LogP contribution in [-0.2, 0) is 9.53 Å². The van der Waals surface area contributed by atoms with Crippen molar-refractivity contribution in [3.05, 3.63) is 95.2 Å². The Hall–Kier alpha value is -3.86. The van der Waals surface area contributed by atoms with Gasteiger partial charge in [-0.25, -0.2) is 4.99 Å². The number of amidine groups is 1. The Labute approximate surface area is 233 Å². The summed E-state index contributed by atoms with van der Waals surface area (Å²) in [6.07, 6.45) is 10.0. The number of nitrogens with one attached hydrogen (secondary N) is 1. The van der Waals surface area contributed by atoms with Crippen LogP contribution in [0.4, 0.5) is 17.1 Å². The zero-order valence-corrected chi connectivity index (χ0v) is 23.7. The second-order valence-electron chi connectivity index (χ2n) is 10.4. The maximum absolute atomic E-state index is 12.5. The lowest BCUT2D eigenvalue weighted by molar-refractivity contribution is -0.116. The number of benzene rings is 3. The summed E-state index contributed by atoms with van der Waals surface area (Å²) < 4.78 is 5.80. The van der Waals surface area contributed by atoms with Crippen molar-refractivity contribution in [1.82, 2.24) is 5.32 Å². The van der Waals surface area contributed by atoms with E-state index in [4.69, 9.17) is 4.74 Å². The van der Waals surface area contributed by atoms with Gasteiger partial charge in [0.1, 0.15) is 0 Å². The maximum atomic E-state index is 12.5. The first-order valence-corrected chi connectivity index (χ1v) is 14.3. The summed E-state index contributed by atoms with van der Waals surface area (Å²) in [7, 11) is 0. The second-order valence-corrected chi connectivity index (χ2v) is 10.4. The van der Waals surface area contributed by atoms with Crippen molar-refractivity contribution in [2.45, 2.75) is 78.7 Å². The van der Waals surface area contributed by atoms with E-state index >= 15 is 0 Å². The molecule has 2 aliphatic rings. The zero-order chi connectivity index (χ0) is 27.6. The predicted molar refractivity (Wildman–Crippen MR) is 163 cm³/mol. The molecule has 2 fully saturated rings. The van der Waals surface area contributed by atoms with E-state index in [2.05, 4.69) is 104 Å². The molecule has 0 atom stereocenters. The number of aryl methyl sites for hydroxylation is 2. The summed E-state index contributed by atoms with van der Waals surface area (Å²) >= 11 is 0. The topological polar surface area (TPSA) is 53.9 Å². The number of hydrogen-bond donors (Lipinski definition) is 1. The standard InChI is InChI=1S/C31H33N3O2.C3H8/c1-22-9-15-26(16-10-22)34(27-17-11-23(2)12-18-27)28-19-13-24(14-20-28)21-29-30(35)33-31(36-29)32-25-7-5-3-4-6-8-25;1-3-2/h9-21,25H,3-8H2,1-2H3,(H,32,33,35);3H2,1-2H3/b29-21+;. The van der Waals surface area contributed by atoms with E-state index in [1.54, 1.807) is 6.08 Å². The minimum absolute atomic E-state index is 0.232. The molecule has 1 N–H and O–H groups in total. The monoisotopic (exact) mass is 523 g/mol. The number of anilines is 3. The predicted octanol–water partition coefficient (Wildman–Crippen LogP) is 8.76. The van der Waals surface area contributed by atoms with E-state index in [-0.39, 0.29) is 17.7 Å². The van der Waals surface area contributed by atoms with Crippen LogP contribution in [0.25, 0.3) is 6.08 Å². The average molecular weight is 524 g/mol. The van der Waals surface area contributed by atoms with Crippen LogP contribution >= 0.6 is 0 Å². The fourth-order valence-corrected chi connectivity index (χ4v) is 4.75. The highest BCUT2D eigenvalue weighted by molar-refractivity contribution is 6.11. The van der Waals surface area contributed by atoms with Crippen LogP contribution in [0.15, 0.2) is 83.5 Å². The van der Waals surface area contributed by atoms with Crippen molar-refractivity contribution in [3.8, 4) is 0 Å². The van der Waals surface area contributed by atoms with Crippen molar-refractivity contribution in [1.29, 1.82) is 0 Å². The fourth-order valence-electron chi connectivity index (χ4n) is 4.75. The summed E-state index contributed by atoms with van der Waals surface area (Å²) in [6, 6.07) is 25.8. The third-order valence-electron chi connectivity index (χ3n) is 6.81. The molecule has 3 aromatic rings. The molecule has 0 unspecified atom stereocenters. The molecule has 3 aromatic carbocycles. The van der Waals surface area contributed by atoms with E-state index in [1.807, 2.05) is 12.1 Å². The minimum atomic E-state index is -0.243. The first-order valence-electron chi connectivity index (χ1n) is 14.3. The van der Waals surface area contributed by atoms with Crippen LogP contribution in [0.1, 0.15) is 75.5 Å². The Kier molecular flexibility index (Phi) is 9.96. The first-order chi connectivity index (χ1) is 19.0. The SMILES string of the molecule is CCC.Cc1ccc(N(c2ccc(C)cc2)c2ccc(/C=C3/OC(=NC4CCCCCC4)NC3=O)cc2)cc1. The van der Waals surface area contributed by atoms with Gasteiger partial charge in [0.05, 0.1) is 6.04 Å². The third-order valence-corrected chi connectivity index (χ3v) is 6.81. The fraction of sp³-hybridized carbons (Fsp3) is 0.353. The number of carbonyl (C=O) groups is 1. The molecule has 5 nitrogen and oxygen atoms in total. The highest BCUT2D eigenvalue weighted by atomic mass is 16.5. The summed E-state index contributed by atoms with van der Waals surface area (Å²) in [5, 5.41) is 2.79. The van der Waals surface area contributed by atoms with E-state index in [9.17, 15) is 4.79 Å². The molecular weight excluding hydrogens is 482 g/mol. The molecule has 204 valence electrons. The molecule has 0 radical (unpaired) electrons. The van der Waals surface area contributed by atoms with Crippen molar-refractivity contribution in [2.75, 3.05) is 4.90 Å². The van der Waals surface area contributed by atoms with Gasteiger partial charge in [-0.1, -0.05) is 93.5 Å². The smallest absolute Gasteiger partial charge is 0.297 e. The van der Waals surface area contributed by atoms with E-state index < -0.39 is 0 Å². The largest absolute Gasteiger partial charge is 0.420 e. The van der Waals surface area contributed by atoms with Crippen molar-refractivity contribution < 1.29 is 9.53 Å². The molecule has 1 amide bonds. The zero-order valence-electron chi connectivity index (χ0n) is 23.7. The molecule has 0 bridgehead atoms. The van der Waals surface area contributed by atoms with Gasteiger partial charge in [-0.15, -0.1) is 0 Å². The molecule has 0 spiro atoms. The summed E-state index contributed by atoms with van der Waals surface area (Å²) in [4.78, 5) is 19.4. The Bertz CT molecular complexity index is 1220. The van der Waals surface area contributed by atoms with Gasteiger partial charge in [0.15, 0.2) is 5.76 Å².